The van der Waals surface area contributed by atoms with Gasteiger partial charge in [0, 0.05) is 17.1 Å². The molecule has 0 atom stereocenters. The highest BCUT2D eigenvalue weighted by Crippen LogP contribution is 2.30. The van der Waals surface area contributed by atoms with Gasteiger partial charge in [-0.15, -0.1) is 13.2 Å². The first-order valence-electron chi connectivity index (χ1n) is 8.63. The van der Waals surface area contributed by atoms with Gasteiger partial charge in [-0.1, -0.05) is 12.1 Å². The molecule has 2 aromatic heterocycles. The molecule has 0 radical (unpaired) electrons. The Morgan fingerprint density at radius 1 is 1.38 bits per heavy atom. The summed E-state index contributed by atoms with van der Waals surface area (Å²) in [5.74, 6) is -1.03. The van der Waals surface area contributed by atoms with Gasteiger partial charge in [-0.05, 0) is 32.0 Å². The number of nitrogens with zero attached hydrogens (tertiary/aromatic N) is 2. The number of ether oxygens (including phenoxy) is 1. The second-order valence-corrected chi connectivity index (χ2v) is 6.66. The Morgan fingerprint density at radius 2 is 2.14 bits per heavy atom. The summed E-state index contributed by atoms with van der Waals surface area (Å²) < 4.78 is 58.9. The van der Waals surface area contributed by atoms with Gasteiger partial charge in [-0.25, -0.2) is 4.98 Å². The highest BCUT2D eigenvalue weighted by Gasteiger charge is 2.31. The molecule has 0 saturated carbocycles. The first-order chi connectivity index (χ1) is 14.0. The number of carbonyl (C=O) groups is 2. The van der Waals surface area contributed by atoms with Gasteiger partial charge in [-0.2, -0.15) is 4.37 Å². The monoisotopic (exact) mass is 426 g/mol. The van der Waals surface area contributed by atoms with Crippen LogP contribution in [0.4, 0.5) is 18.3 Å². The van der Waals surface area contributed by atoms with Crippen LogP contribution in [-0.2, 0) is 11.2 Å². The fourth-order valence-electron chi connectivity index (χ4n) is 2.37. The lowest BCUT2D eigenvalue weighted by Crippen LogP contribution is -2.17. The average molecular weight is 426 g/mol. The van der Waals surface area contributed by atoms with E-state index in [0.29, 0.717) is 0 Å². The van der Waals surface area contributed by atoms with E-state index in [1.54, 1.807) is 0 Å². The van der Waals surface area contributed by atoms with Crippen LogP contribution in [0, 0.1) is 6.92 Å². The predicted octanol–water partition coefficient (Wildman–Crippen LogP) is 4.39. The van der Waals surface area contributed by atoms with Crippen LogP contribution in [0.5, 0.6) is 5.75 Å². The minimum absolute atomic E-state index is 0.0291. The van der Waals surface area contributed by atoms with Crippen molar-refractivity contribution in [2.45, 2.75) is 26.6 Å². The van der Waals surface area contributed by atoms with Crippen LogP contribution in [-0.4, -0.2) is 27.4 Å². The average Bonchev–Trinajstić information content (AvgIpc) is 3.16. The number of amides is 1. The van der Waals surface area contributed by atoms with E-state index >= 15 is 0 Å². The molecule has 7 nitrogen and oxygen atoms in total. The Kier molecular flexibility index (Phi) is 5.30. The van der Waals surface area contributed by atoms with E-state index in [0.717, 1.165) is 23.7 Å². The van der Waals surface area contributed by atoms with Crippen LogP contribution in [0.1, 0.15) is 30.2 Å². The first-order valence-corrected chi connectivity index (χ1v) is 8.90. The van der Waals surface area contributed by atoms with Crippen molar-refractivity contribution in [3.8, 4) is 17.1 Å². The predicted molar refractivity (Wildman–Crippen MR) is 97.8 cm³/mol. The lowest BCUT2D eigenvalue weighted by molar-refractivity contribution is -0.274. The SMILES string of the molecule is [2H]c1c(-c2cccc(OC(F)(F)F)c2)oc(C)c1C(=O)Nc1nc(CC(C)=O)ns1. The van der Waals surface area contributed by atoms with E-state index in [4.69, 9.17) is 5.79 Å². The number of benzene rings is 1. The number of aryl methyl sites for hydroxylation is 1. The summed E-state index contributed by atoms with van der Waals surface area (Å²) in [6, 6.07) is 4.61. The van der Waals surface area contributed by atoms with E-state index in [-0.39, 0.29) is 51.8 Å². The van der Waals surface area contributed by atoms with E-state index in [1.165, 1.54) is 26.0 Å². The number of nitrogens with one attached hydrogen (secondary N) is 1. The zero-order chi connectivity index (χ0) is 22.1. The molecule has 1 aromatic carbocycles. The van der Waals surface area contributed by atoms with Gasteiger partial charge in [0.15, 0.2) is 5.82 Å². The molecule has 29 heavy (non-hydrogen) atoms. The number of hydrogen-bond donors (Lipinski definition) is 1. The number of rotatable bonds is 6. The minimum Gasteiger partial charge on any atom is -0.461 e. The maximum Gasteiger partial charge on any atom is 0.573 e. The zero-order valence-electron chi connectivity index (χ0n) is 16.1. The molecule has 0 unspecified atom stereocenters. The zero-order valence-corrected chi connectivity index (χ0v) is 15.9. The summed E-state index contributed by atoms with van der Waals surface area (Å²) in [5, 5.41) is 2.62. The molecule has 0 fully saturated rings. The molecular formula is C18H14F3N3O4S. The van der Waals surface area contributed by atoms with Crippen LogP contribution in [0.3, 0.4) is 0 Å². The topological polar surface area (TPSA) is 94.3 Å². The van der Waals surface area contributed by atoms with Gasteiger partial charge in [0.25, 0.3) is 5.91 Å². The quantitative estimate of drug-likeness (QED) is 0.628. The van der Waals surface area contributed by atoms with Crippen LogP contribution in [0.2, 0.25) is 0 Å². The smallest absolute Gasteiger partial charge is 0.461 e. The molecule has 0 spiro atoms. The van der Waals surface area contributed by atoms with Crippen LogP contribution in [0.15, 0.2) is 34.7 Å². The van der Waals surface area contributed by atoms with Crippen molar-refractivity contribution in [2.24, 2.45) is 0 Å². The van der Waals surface area contributed by atoms with Crippen molar-refractivity contribution >= 4 is 28.4 Å². The number of carbonyl (C=O) groups excluding carboxylic acids is 2. The highest BCUT2D eigenvalue weighted by atomic mass is 32.1. The van der Waals surface area contributed by atoms with Gasteiger partial charge in [0.2, 0.25) is 5.13 Å². The lowest BCUT2D eigenvalue weighted by Gasteiger charge is -2.09. The third-order valence-corrected chi connectivity index (χ3v) is 4.17. The molecule has 0 aliphatic carbocycles. The number of alkyl halides is 3. The van der Waals surface area contributed by atoms with Gasteiger partial charge in [-0.3, -0.25) is 14.9 Å². The Bertz CT molecular complexity index is 1110. The van der Waals surface area contributed by atoms with Gasteiger partial charge < -0.3 is 9.15 Å². The third-order valence-electron chi connectivity index (χ3n) is 3.50. The summed E-state index contributed by atoms with van der Waals surface area (Å²) in [6.07, 6.45) is -4.84. The Balaban J connectivity index is 1.85. The highest BCUT2D eigenvalue weighted by molar-refractivity contribution is 7.09. The standard InChI is InChI=1S/C18H14F3N3O4S/c1-9(25)6-15-22-17(29-24-15)23-16(26)13-8-14(27-10(13)2)11-4-3-5-12(7-11)28-18(19,20)21/h3-5,7-8H,6H2,1-2H3,(H,22,23,24,26)/i8D. The molecule has 0 aliphatic rings. The van der Waals surface area contributed by atoms with Crippen molar-refractivity contribution in [2.75, 3.05) is 5.32 Å². The summed E-state index contributed by atoms with van der Waals surface area (Å²) >= 11 is 0.876. The molecule has 0 aliphatic heterocycles. The number of furan rings is 1. The minimum atomic E-state index is -4.87. The Labute approximate surface area is 168 Å². The number of ketones is 1. The molecule has 1 N–H and O–H groups in total. The molecule has 3 rings (SSSR count). The normalized spacial score (nSPS) is 11.8. The van der Waals surface area contributed by atoms with Crippen LogP contribution < -0.4 is 10.1 Å². The second-order valence-electron chi connectivity index (χ2n) is 5.91. The maximum atomic E-state index is 12.6. The molecule has 3 aromatic rings. The van der Waals surface area contributed by atoms with E-state index in [2.05, 4.69) is 19.4 Å². The molecule has 0 bridgehead atoms. The van der Waals surface area contributed by atoms with Crippen molar-refractivity contribution in [3.63, 3.8) is 0 Å². The first kappa shape index (κ1) is 19.1. The molecule has 11 heteroatoms. The third kappa shape index (κ3) is 5.41. The summed E-state index contributed by atoms with van der Waals surface area (Å²) in [5.41, 5.74) is 0.0408. The maximum absolute atomic E-state index is 12.6. The number of halogens is 3. The van der Waals surface area contributed by atoms with Crippen molar-refractivity contribution in [1.29, 1.82) is 0 Å². The number of aromatic nitrogens is 2. The second kappa shape index (κ2) is 8.03. The van der Waals surface area contributed by atoms with Crippen LogP contribution >= 0.6 is 11.5 Å². The van der Waals surface area contributed by atoms with Crippen molar-refractivity contribution in [1.82, 2.24) is 9.36 Å². The van der Waals surface area contributed by atoms with Crippen molar-refractivity contribution < 1.29 is 33.3 Å². The summed E-state index contributed by atoms with van der Waals surface area (Å²) in [7, 11) is 0. The van der Waals surface area contributed by atoms with Gasteiger partial charge in [0.1, 0.15) is 23.1 Å². The lowest BCUT2D eigenvalue weighted by atomic mass is 10.1. The van der Waals surface area contributed by atoms with Gasteiger partial charge in [0.05, 0.1) is 13.4 Å². The van der Waals surface area contributed by atoms with Crippen LogP contribution in [0.25, 0.3) is 11.3 Å². The molecule has 2 heterocycles. The van der Waals surface area contributed by atoms with Crippen molar-refractivity contribution in [3.05, 3.63) is 47.5 Å². The Morgan fingerprint density at radius 3 is 2.83 bits per heavy atom. The van der Waals surface area contributed by atoms with Gasteiger partial charge >= 0.3 is 6.36 Å². The Hall–Kier alpha value is -3.21. The van der Waals surface area contributed by atoms with E-state index in [9.17, 15) is 22.8 Å². The number of hydrogen-bond acceptors (Lipinski definition) is 7. The molecular weight excluding hydrogens is 411 g/mol. The summed E-state index contributed by atoms with van der Waals surface area (Å²) in [6.45, 7) is 2.84. The fourth-order valence-corrected chi connectivity index (χ4v) is 2.95. The molecule has 1 amide bonds. The summed E-state index contributed by atoms with van der Waals surface area (Å²) in [4.78, 5) is 27.7. The van der Waals surface area contributed by atoms with E-state index in [1.807, 2.05) is 0 Å². The number of Topliss-reactive ketones (excluding diaryl/α,β-unsaturated/α-hetero) is 1. The molecule has 152 valence electrons. The molecule has 0 saturated heterocycles. The number of anilines is 1. The van der Waals surface area contributed by atoms with E-state index < -0.39 is 18.0 Å². The largest absolute Gasteiger partial charge is 0.573 e. The fraction of sp³-hybridized carbons (Fsp3) is 0.222.